The fraction of sp³-hybridized carbons (Fsp3) is 0.182. The van der Waals surface area contributed by atoms with Crippen LogP contribution in [0.4, 0.5) is 9.18 Å². The molecule has 2 rings (SSSR count). The highest BCUT2D eigenvalue weighted by Crippen LogP contribution is 2.15. The van der Waals surface area contributed by atoms with E-state index in [2.05, 4.69) is 5.32 Å². The third-order valence-electron chi connectivity index (χ3n) is 2.46. The molecule has 1 fully saturated rings. The van der Waals surface area contributed by atoms with Crippen LogP contribution in [0.2, 0.25) is 0 Å². The number of amides is 3. The highest BCUT2D eigenvalue weighted by molar-refractivity contribution is 6.01. The van der Waals surface area contributed by atoms with Crippen molar-refractivity contribution in [3.63, 3.8) is 0 Å². The Morgan fingerprint density at radius 2 is 2.24 bits per heavy atom. The molecule has 1 aromatic carbocycles. The average Bonchev–Trinajstić information content (AvgIpc) is 2.63. The molecule has 0 bridgehead atoms. The highest BCUT2D eigenvalue weighted by Gasteiger charge is 2.29. The SMILES string of the molecule is N#Cc1cccc(CN2C(=O)CNC2=O)c1F. The van der Waals surface area contributed by atoms with Crippen molar-refractivity contribution in [1.82, 2.24) is 10.2 Å². The van der Waals surface area contributed by atoms with Crippen LogP contribution in [-0.4, -0.2) is 23.4 Å². The van der Waals surface area contributed by atoms with Crippen molar-refractivity contribution in [3.8, 4) is 6.07 Å². The van der Waals surface area contributed by atoms with Crippen LogP contribution in [-0.2, 0) is 11.3 Å². The number of urea groups is 1. The Morgan fingerprint density at radius 1 is 1.47 bits per heavy atom. The van der Waals surface area contributed by atoms with Crippen LogP contribution in [0, 0.1) is 17.1 Å². The molecule has 1 aromatic rings. The Hall–Kier alpha value is -2.42. The van der Waals surface area contributed by atoms with Gasteiger partial charge in [0.1, 0.15) is 11.9 Å². The number of nitrogens with zero attached hydrogens (tertiary/aromatic N) is 2. The Bertz CT molecular complexity index is 520. The first-order chi connectivity index (χ1) is 8.13. The lowest BCUT2D eigenvalue weighted by Crippen LogP contribution is -2.30. The number of hydrogen-bond donors (Lipinski definition) is 1. The molecule has 0 atom stereocenters. The van der Waals surface area contributed by atoms with Crippen molar-refractivity contribution in [2.24, 2.45) is 0 Å². The first-order valence-electron chi connectivity index (χ1n) is 4.89. The van der Waals surface area contributed by atoms with Gasteiger partial charge in [-0.2, -0.15) is 5.26 Å². The third-order valence-corrected chi connectivity index (χ3v) is 2.46. The second-order valence-electron chi connectivity index (χ2n) is 3.53. The van der Waals surface area contributed by atoms with Crippen LogP contribution in [0.15, 0.2) is 18.2 Å². The number of benzene rings is 1. The zero-order chi connectivity index (χ0) is 12.4. The molecule has 1 aliphatic rings. The van der Waals surface area contributed by atoms with Gasteiger partial charge in [0.15, 0.2) is 0 Å². The van der Waals surface area contributed by atoms with Gasteiger partial charge < -0.3 is 5.32 Å². The van der Waals surface area contributed by atoms with Crippen LogP contribution < -0.4 is 5.32 Å². The molecule has 0 radical (unpaired) electrons. The standard InChI is InChI=1S/C11H8FN3O2/c12-10-7(4-13)2-1-3-8(10)6-15-9(16)5-14-11(15)17/h1-3H,5-6H2,(H,14,17). The number of carbonyl (C=O) groups is 2. The van der Waals surface area contributed by atoms with Gasteiger partial charge in [-0.15, -0.1) is 0 Å². The summed E-state index contributed by atoms with van der Waals surface area (Å²) in [5.41, 5.74) is 0.0454. The second kappa shape index (κ2) is 4.22. The lowest BCUT2D eigenvalue weighted by molar-refractivity contribution is -0.125. The lowest BCUT2D eigenvalue weighted by atomic mass is 10.1. The summed E-state index contributed by atoms with van der Waals surface area (Å²) in [6.45, 7) is -0.232. The van der Waals surface area contributed by atoms with Gasteiger partial charge in [-0.1, -0.05) is 12.1 Å². The van der Waals surface area contributed by atoms with Crippen molar-refractivity contribution < 1.29 is 14.0 Å². The maximum Gasteiger partial charge on any atom is 0.324 e. The summed E-state index contributed by atoms with van der Waals surface area (Å²) in [6, 6.07) is 5.45. The number of nitrogens with one attached hydrogen (secondary N) is 1. The maximum atomic E-state index is 13.7. The topological polar surface area (TPSA) is 73.2 Å². The smallest absolute Gasteiger partial charge is 0.324 e. The fourth-order valence-electron chi connectivity index (χ4n) is 1.57. The molecule has 0 aromatic heterocycles. The Labute approximate surface area is 96.4 Å². The molecule has 1 N–H and O–H groups in total. The van der Waals surface area contributed by atoms with Crippen molar-refractivity contribution in [2.45, 2.75) is 6.54 Å². The molecule has 0 unspecified atom stereocenters. The number of nitriles is 1. The summed E-state index contributed by atoms with van der Waals surface area (Å²) in [5, 5.41) is 11.0. The van der Waals surface area contributed by atoms with E-state index in [1.807, 2.05) is 0 Å². The van der Waals surface area contributed by atoms with E-state index in [1.165, 1.54) is 18.2 Å². The molecule has 3 amide bonds. The van der Waals surface area contributed by atoms with E-state index < -0.39 is 17.8 Å². The monoisotopic (exact) mass is 233 g/mol. The molecule has 1 saturated heterocycles. The molecule has 5 nitrogen and oxygen atoms in total. The molecule has 0 spiro atoms. The molecular formula is C11H8FN3O2. The fourth-order valence-corrected chi connectivity index (χ4v) is 1.57. The zero-order valence-corrected chi connectivity index (χ0v) is 8.74. The van der Waals surface area contributed by atoms with E-state index in [0.717, 1.165) is 4.90 Å². The largest absolute Gasteiger partial charge is 0.329 e. The summed E-state index contributed by atoms with van der Waals surface area (Å²) < 4.78 is 13.7. The van der Waals surface area contributed by atoms with Gasteiger partial charge >= 0.3 is 6.03 Å². The van der Waals surface area contributed by atoms with E-state index in [1.54, 1.807) is 6.07 Å². The normalized spacial score (nSPS) is 14.7. The zero-order valence-electron chi connectivity index (χ0n) is 8.74. The molecule has 0 saturated carbocycles. The minimum absolute atomic E-state index is 0.0710. The molecule has 17 heavy (non-hydrogen) atoms. The van der Waals surface area contributed by atoms with Crippen LogP contribution in [0.5, 0.6) is 0 Å². The molecule has 86 valence electrons. The van der Waals surface area contributed by atoms with E-state index in [-0.39, 0.29) is 24.2 Å². The van der Waals surface area contributed by atoms with Gasteiger partial charge in [0, 0.05) is 5.56 Å². The molecule has 1 aliphatic heterocycles. The lowest BCUT2D eigenvalue weighted by Gasteiger charge is -2.13. The number of hydrogen-bond acceptors (Lipinski definition) is 3. The number of halogens is 1. The van der Waals surface area contributed by atoms with Crippen LogP contribution in [0.25, 0.3) is 0 Å². The number of rotatable bonds is 2. The van der Waals surface area contributed by atoms with Gasteiger partial charge in [-0.3, -0.25) is 9.69 Å². The van der Waals surface area contributed by atoms with Crippen molar-refractivity contribution >= 4 is 11.9 Å². The first kappa shape index (κ1) is 11.1. The predicted molar refractivity (Wildman–Crippen MR) is 55.1 cm³/mol. The molecule has 0 aliphatic carbocycles. The van der Waals surface area contributed by atoms with Crippen molar-refractivity contribution in [3.05, 3.63) is 35.1 Å². The van der Waals surface area contributed by atoms with E-state index in [9.17, 15) is 14.0 Å². The summed E-state index contributed by atoms with van der Waals surface area (Å²) in [6.07, 6.45) is 0. The Balaban J connectivity index is 2.28. The van der Waals surface area contributed by atoms with Crippen molar-refractivity contribution in [1.29, 1.82) is 5.26 Å². The summed E-state index contributed by atoms with van der Waals surface area (Å²) in [4.78, 5) is 23.5. The average molecular weight is 233 g/mol. The van der Waals surface area contributed by atoms with Gasteiger partial charge in [0.05, 0.1) is 18.7 Å². The van der Waals surface area contributed by atoms with E-state index >= 15 is 0 Å². The van der Waals surface area contributed by atoms with Crippen LogP contribution in [0.3, 0.4) is 0 Å². The maximum absolute atomic E-state index is 13.7. The van der Waals surface area contributed by atoms with Gasteiger partial charge in [-0.25, -0.2) is 9.18 Å². The van der Waals surface area contributed by atoms with Crippen LogP contribution in [0.1, 0.15) is 11.1 Å². The summed E-state index contributed by atoms with van der Waals surface area (Å²) in [7, 11) is 0. The van der Waals surface area contributed by atoms with E-state index in [4.69, 9.17) is 5.26 Å². The minimum Gasteiger partial charge on any atom is -0.329 e. The summed E-state index contributed by atoms with van der Waals surface area (Å²) in [5.74, 6) is -1.10. The minimum atomic E-state index is -0.692. The molecule has 6 heteroatoms. The third kappa shape index (κ3) is 1.95. The second-order valence-corrected chi connectivity index (χ2v) is 3.53. The first-order valence-corrected chi connectivity index (χ1v) is 4.89. The van der Waals surface area contributed by atoms with E-state index in [0.29, 0.717) is 0 Å². The molecule has 1 heterocycles. The molecular weight excluding hydrogens is 225 g/mol. The predicted octanol–water partition coefficient (Wildman–Crippen LogP) is 0.749. The highest BCUT2D eigenvalue weighted by atomic mass is 19.1. The van der Waals surface area contributed by atoms with Crippen molar-refractivity contribution in [2.75, 3.05) is 6.54 Å². The van der Waals surface area contributed by atoms with Crippen LogP contribution >= 0.6 is 0 Å². The Morgan fingerprint density at radius 3 is 2.82 bits per heavy atom. The van der Waals surface area contributed by atoms with Gasteiger partial charge in [0.2, 0.25) is 5.91 Å². The quantitative estimate of drug-likeness (QED) is 0.766. The Kier molecular flexibility index (Phi) is 2.75. The number of carbonyl (C=O) groups excluding carboxylic acids is 2. The van der Waals surface area contributed by atoms with Gasteiger partial charge in [0.25, 0.3) is 0 Å². The van der Waals surface area contributed by atoms with Gasteiger partial charge in [-0.05, 0) is 6.07 Å². The number of imide groups is 1. The summed E-state index contributed by atoms with van der Waals surface area (Å²) >= 11 is 0.